The summed E-state index contributed by atoms with van der Waals surface area (Å²) in [6.07, 6.45) is 3.08. The fourth-order valence-corrected chi connectivity index (χ4v) is 3.15. The lowest BCUT2D eigenvalue weighted by Gasteiger charge is -2.26. The first-order valence-electron chi connectivity index (χ1n) is 8.79. The first kappa shape index (κ1) is 20.2. The van der Waals surface area contributed by atoms with Gasteiger partial charge in [0.15, 0.2) is 0 Å². The Morgan fingerprint density at radius 1 is 1.15 bits per heavy atom. The van der Waals surface area contributed by atoms with Crippen LogP contribution in [0.1, 0.15) is 35.2 Å². The van der Waals surface area contributed by atoms with Crippen LogP contribution in [0, 0.1) is 0 Å². The number of piperidine rings is 1. The number of benzene rings is 1. The van der Waals surface area contributed by atoms with Crippen molar-refractivity contribution in [3.05, 3.63) is 35.4 Å². The van der Waals surface area contributed by atoms with Crippen molar-refractivity contribution in [3.8, 4) is 0 Å². The van der Waals surface area contributed by atoms with E-state index in [4.69, 9.17) is 0 Å². The average molecular weight is 381 g/mol. The maximum Gasteiger partial charge on any atom is 0.254 e. The van der Waals surface area contributed by atoms with Crippen molar-refractivity contribution in [1.29, 1.82) is 0 Å². The van der Waals surface area contributed by atoms with E-state index in [2.05, 4.69) is 16.0 Å². The summed E-state index contributed by atoms with van der Waals surface area (Å²) in [5, 5.41) is 8.86. The van der Waals surface area contributed by atoms with Crippen molar-refractivity contribution in [3.63, 3.8) is 0 Å². The van der Waals surface area contributed by atoms with Crippen LogP contribution in [0.2, 0.25) is 0 Å². The third kappa shape index (κ3) is 5.19. The summed E-state index contributed by atoms with van der Waals surface area (Å²) in [6.45, 7) is 2.45. The van der Waals surface area contributed by atoms with Gasteiger partial charge < -0.3 is 20.9 Å². The van der Waals surface area contributed by atoms with E-state index >= 15 is 0 Å². The molecule has 1 unspecified atom stereocenters. The zero-order valence-electron chi connectivity index (χ0n) is 14.6. The Kier molecular flexibility index (Phi) is 7.41. The normalized spacial score (nSPS) is 19.9. The van der Waals surface area contributed by atoms with Crippen molar-refractivity contribution in [1.82, 2.24) is 20.9 Å². The Balaban J connectivity index is 0.00000243. The monoisotopic (exact) mass is 380 g/mol. The highest BCUT2D eigenvalue weighted by atomic mass is 35.5. The summed E-state index contributed by atoms with van der Waals surface area (Å²) in [7, 11) is 0. The van der Waals surface area contributed by atoms with Gasteiger partial charge in [-0.25, -0.2) is 0 Å². The van der Waals surface area contributed by atoms with Crippen molar-refractivity contribution >= 4 is 30.1 Å². The molecule has 0 spiro atoms. The minimum absolute atomic E-state index is 0. The molecule has 2 aliphatic rings. The van der Waals surface area contributed by atoms with Crippen LogP contribution in [0.25, 0.3) is 0 Å². The molecule has 3 amide bonds. The van der Waals surface area contributed by atoms with Crippen molar-refractivity contribution < 1.29 is 14.4 Å². The number of nitrogens with one attached hydrogen (secondary N) is 3. The fraction of sp³-hybridized carbons (Fsp3) is 0.500. The Hall–Kier alpha value is -2.12. The third-order valence-corrected chi connectivity index (χ3v) is 4.62. The van der Waals surface area contributed by atoms with Crippen LogP contribution in [-0.2, 0) is 16.1 Å². The molecule has 142 valence electrons. The summed E-state index contributed by atoms with van der Waals surface area (Å²) < 4.78 is 0. The molecule has 8 heteroatoms. The van der Waals surface area contributed by atoms with Gasteiger partial charge in [0, 0.05) is 25.2 Å². The predicted octanol–water partition coefficient (Wildman–Crippen LogP) is 0.439. The number of amides is 3. The van der Waals surface area contributed by atoms with E-state index in [0.717, 1.165) is 31.4 Å². The molecule has 0 saturated carbocycles. The standard InChI is InChI=1S/C18H24N4O3.ClH/c23-16-12-22(10-9-20-16)18(25)14-6-4-13(5-7-14)11-21-17(24)15-3-1-2-8-19-15;/h4-7,15,19H,1-3,8-12H2,(H,20,23)(H,21,24);1H. The molecule has 7 nitrogen and oxygen atoms in total. The van der Waals surface area contributed by atoms with E-state index in [-0.39, 0.29) is 42.7 Å². The lowest BCUT2D eigenvalue weighted by atomic mass is 10.0. The molecular weight excluding hydrogens is 356 g/mol. The van der Waals surface area contributed by atoms with Crippen LogP contribution in [0.15, 0.2) is 24.3 Å². The van der Waals surface area contributed by atoms with Gasteiger partial charge in [-0.2, -0.15) is 0 Å². The van der Waals surface area contributed by atoms with Crippen LogP contribution in [0.4, 0.5) is 0 Å². The van der Waals surface area contributed by atoms with Gasteiger partial charge in [-0.1, -0.05) is 18.6 Å². The smallest absolute Gasteiger partial charge is 0.254 e. The highest BCUT2D eigenvalue weighted by molar-refractivity contribution is 5.97. The van der Waals surface area contributed by atoms with E-state index in [9.17, 15) is 14.4 Å². The van der Waals surface area contributed by atoms with Crippen LogP contribution in [0.5, 0.6) is 0 Å². The Bertz CT molecular complexity index is 644. The number of hydrogen-bond acceptors (Lipinski definition) is 4. The Labute approximate surface area is 159 Å². The summed E-state index contributed by atoms with van der Waals surface area (Å²) >= 11 is 0. The maximum absolute atomic E-state index is 12.4. The number of carbonyl (C=O) groups excluding carboxylic acids is 3. The molecule has 2 saturated heterocycles. The van der Waals surface area contributed by atoms with Gasteiger partial charge >= 0.3 is 0 Å². The van der Waals surface area contributed by atoms with Crippen LogP contribution in [0.3, 0.4) is 0 Å². The lowest BCUT2D eigenvalue weighted by Crippen LogP contribution is -2.49. The first-order valence-corrected chi connectivity index (χ1v) is 8.79. The molecule has 1 aromatic carbocycles. The molecule has 0 radical (unpaired) electrons. The molecule has 2 aliphatic heterocycles. The largest absolute Gasteiger partial charge is 0.353 e. The lowest BCUT2D eigenvalue weighted by molar-refractivity contribution is -0.124. The molecule has 1 atom stereocenters. The van der Waals surface area contributed by atoms with Gasteiger partial charge in [0.1, 0.15) is 0 Å². The Morgan fingerprint density at radius 2 is 1.92 bits per heavy atom. The first-order chi connectivity index (χ1) is 12.1. The number of rotatable bonds is 4. The van der Waals surface area contributed by atoms with Crippen LogP contribution in [-0.4, -0.2) is 54.8 Å². The molecule has 26 heavy (non-hydrogen) atoms. The fourth-order valence-electron chi connectivity index (χ4n) is 3.15. The zero-order valence-corrected chi connectivity index (χ0v) is 15.4. The van der Waals surface area contributed by atoms with Crippen molar-refractivity contribution in [2.24, 2.45) is 0 Å². The number of piperazine rings is 1. The summed E-state index contributed by atoms with van der Waals surface area (Å²) in [5.41, 5.74) is 1.50. The second kappa shape index (κ2) is 9.54. The quantitative estimate of drug-likeness (QED) is 0.707. The predicted molar refractivity (Wildman–Crippen MR) is 100 cm³/mol. The van der Waals surface area contributed by atoms with Gasteiger partial charge in [-0.15, -0.1) is 12.4 Å². The molecule has 3 N–H and O–H groups in total. The minimum atomic E-state index is -0.142. The molecule has 0 bridgehead atoms. The highest BCUT2D eigenvalue weighted by Crippen LogP contribution is 2.10. The number of carbonyl (C=O) groups is 3. The van der Waals surface area contributed by atoms with E-state index in [1.807, 2.05) is 12.1 Å². The molecule has 0 aromatic heterocycles. The SMILES string of the molecule is Cl.O=C1CN(C(=O)c2ccc(CNC(=O)C3CCCCN3)cc2)CCN1. The van der Waals surface area contributed by atoms with E-state index < -0.39 is 0 Å². The van der Waals surface area contributed by atoms with Crippen LogP contribution < -0.4 is 16.0 Å². The summed E-state index contributed by atoms with van der Waals surface area (Å²) in [5.74, 6) is -0.244. The van der Waals surface area contributed by atoms with E-state index in [0.29, 0.717) is 25.2 Å². The highest BCUT2D eigenvalue weighted by Gasteiger charge is 2.22. The van der Waals surface area contributed by atoms with Gasteiger partial charge in [0.2, 0.25) is 11.8 Å². The molecule has 2 heterocycles. The molecule has 3 rings (SSSR count). The zero-order chi connectivity index (χ0) is 17.6. The Morgan fingerprint density at radius 3 is 2.58 bits per heavy atom. The summed E-state index contributed by atoms with van der Waals surface area (Å²) in [6, 6.07) is 7.07. The minimum Gasteiger partial charge on any atom is -0.353 e. The van der Waals surface area contributed by atoms with E-state index in [1.54, 1.807) is 17.0 Å². The topological polar surface area (TPSA) is 90.5 Å². The van der Waals surface area contributed by atoms with Gasteiger partial charge in [-0.05, 0) is 37.1 Å². The molecule has 0 aliphatic carbocycles. The van der Waals surface area contributed by atoms with Gasteiger partial charge in [-0.3, -0.25) is 14.4 Å². The van der Waals surface area contributed by atoms with Gasteiger partial charge in [0.05, 0.1) is 12.6 Å². The second-order valence-electron chi connectivity index (χ2n) is 6.49. The third-order valence-electron chi connectivity index (χ3n) is 4.62. The number of hydrogen-bond donors (Lipinski definition) is 3. The van der Waals surface area contributed by atoms with Crippen molar-refractivity contribution in [2.45, 2.75) is 31.8 Å². The van der Waals surface area contributed by atoms with Crippen molar-refractivity contribution in [2.75, 3.05) is 26.2 Å². The average Bonchev–Trinajstić information content (AvgIpc) is 2.66. The molecular formula is C18H25ClN4O3. The van der Waals surface area contributed by atoms with Crippen LogP contribution >= 0.6 is 12.4 Å². The molecule has 2 fully saturated rings. The van der Waals surface area contributed by atoms with E-state index in [1.165, 1.54) is 0 Å². The number of nitrogens with zero attached hydrogens (tertiary/aromatic N) is 1. The maximum atomic E-state index is 12.4. The second-order valence-corrected chi connectivity index (χ2v) is 6.49. The summed E-state index contributed by atoms with van der Waals surface area (Å²) in [4.78, 5) is 37.4. The van der Waals surface area contributed by atoms with Gasteiger partial charge in [0.25, 0.3) is 5.91 Å². The molecule has 1 aromatic rings. The number of halogens is 1.